The van der Waals surface area contributed by atoms with Gasteiger partial charge in [0.25, 0.3) is 0 Å². The molecule has 0 saturated carbocycles. The van der Waals surface area contributed by atoms with Crippen LogP contribution >= 0.6 is 11.3 Å². The maximum absolute atomic E-state index is 5.61. The van der Waals surface area contributed by atoms with Gasteiger partial charge in [-0.25, -0.2) is 0 Å². The van der Waals surface area contributed by atoms with Crippen LogP contribution in [0.2, 0.25) is 0 Å². The number of nitrogens with zero attached hydrogens (tertiary/aromatic N) is 1. The first-order valence-electron chi connectivity index (χ1n) is 5.34. The maximum Gasteiger partial charge on any atom is 0.0413 e. The van der Waals surface area contributed by atoms with E-state index in [4.69, 9.17) is 5.73 Å². The third-order valence-corrected chi connectivity index (χ3v) is 4.26. The number of thiophene rings is 1. The van der Waals surface area contributed by atoms with Crippen molar-refractivity contribution in [3.63, 3.8) is 0 Å². The molecule has 2 N–H and O–H groups in total. The largest absolute Gasteiger partial charge is 0.326 e. The van der Waals surface area contributed by atoms with Gasteiger partial charge < -0.3 is 5.73 Å². The van der Waals surface area contributed by atoms with E-state index in [1.165, 1.54) is 35.7 Å². The second-order valence-electron chi connectivity index (χ2n) is 3.93. The summed E-state index contributed by atoms with van der Waals surface area (Å²) < 4.78 is 0. The fraction of sp³-hybridized carbons (Fsp3) is 0.636. The van der Waals surface area contributed by atoms with E-state index >= 15 is 0 Å². The molecule has 2 nitrogen and oxygen atoms in total. The summed E-state index contributed by atoms with van der Waals surface area (Å²) in [6.45, 7) is 5.50. The van der Waals surface area contributed by atoms with Gasteiger partial charge in [0.05, 0.1) is 0 Å². The quantitative estimate of drug-likeness (QED) is 0.830. The zero-order valence-corrected chi connectivity index (χ0v) is 9.52. The Morgan fingerprint density at radius 1 is 1.43 bits per heavy atom. The van der Waals surface area contributed by atoms with E-state index in [9.17, 15) is 0 Å². The lowest BCUT2D eigenvalue weighted by molar-refractivity contribution is 0.267. The van der Waals surface area contributed by atoms with Crippen LogP contribution < -0.4 is 5.73 Å². The van der Waals surface area contributed by atoms with Gasteiger partial charge in [0.2, 0.25) is 0 Å². The summed E-state index contributed by atoms with van der Waals surface area (Å²) >= 11 is 1.86. The first kappa shape index (κ1) is 10.1. The van der Waals surface area contributed by atoms with Crippen molar-refractivity contribution in [1.82, 2.24) is 4.90 Å². The highest BCUT2D eigenvalue weighted by Crippen LogP contribution is 2.29. The van der Waals surface area contributed by atoms with E-state index in [0.29, 0.717) is 12.6 Å². The Morgan fingerprint density at radius 2 is 2.14 bits per heavy atom. The average Bonchev–Trinajstić information content (AvgIpc) is 2.88. The van der Waals surface area contributed by atoms with Gasteiger partial charge in [-0.15, -0.1) is 11.3 Å². The fourth-order valence-electron chi connectivity index (χ4n) is 2.04. The van der Waals surface area contributed by atoms with Crippen LogP contribution in [-0.2, 0) is 6.54 Å². The molecule has 0 bridgehead atoms. The van der Waals surface area contributed by atoms with Gasteiger partial charge in [0.1, 0.15) is 0 Å². The number of nitrogens with two attached hydrogens (primary N) is 1. The fourth-order valence-corrected chi connectivity index (χ4v) is 3.02. The van der Waals surface area contributed by atoms with Crippen LogP contribution in [0.1, 0.15) is 35.6 Å². The van der Waals surface area contributed by atoms with Crippen LogP contribution in [0.3, 0.4) is 0 Å². The minimum atomic E-state index is 0.586. The highest BCUT2D eigenvalue weighted by atomic mass is 32.1. The normalized spacial score (nSPS) is 20.1. The van der Waals surface area contributed by atoms with E-state index in [-0.39, 0.29) is 0 Å². The molecule has 78 valence electrons. The standard InChI is InChI=1S/C11H18N2S/c1-9(13-6-2-3-7-13)11-5-4-10(8-12)14-11/h4-5,9H,2-3,6-8,12H2,1H3. The minimum absolute atomic E-state index is 0.586. The summed E-state index contributed by atoms with van der Waals surface area (Å²) in [6.07, 6.45) is 2.72. The van der Waals surface area contributed by atoms with Crippen molar-refractivity contribution in [2.45, 2.75) is 32.4 Å². The molecule has 0 amide bonds. The van der Waals surface area contributed by atoms with E-state index in [1.54, 1.807) is 0 Å². The molecule has 1 unspecified atom stereocenters. The lowest BCUT2D eigenvalue weighted by atomic mass is 10.2. The molecule has 0 aliphatic carbocycles. The van der Waals surface area contributed by atoms with E-state index < -0.39 is 0 Å². The van der Waals surface area contributed by atoms with Gasteiger partial charge in [-0.05, 0) is 45.0 Å². The average molecular weight is 210 g/mol. The van der Waals surface area contributed by atoms with Crippen LogP contribution in [0.25, 0.3) is 0 Å². The Labute approximate surface area is 89.7 Å². The van der Waals surface area contributed by atoms with Crippen LogP contribution in [0.5, 0.6) is 0 Å². The van der Waals surface area contributed by atoms with Gasteiger partial charge in [-0.2, -0.15) is 0 Å². The molecule has 1 atom stereocenters. The topological polar surface area (TPSA) is 29.3 Å². The van der Waals surface area contributed by atoms with Gasteiger partial charge in [0.15, 0.2) is 0 Å². The number of rotatable bonds is 3. The molecule has 3 heteroatoms. The van der Waals surface area contributed by atoms with Crippen molar-refractivity contribution in [2.24, 2.45) is 5.73 Å². The first-order chi connectivity index (χ1) is 6.81. The first-order valence-corrected chi connectivity index (χ1v) is 6.15. The number of hydrogen-bond donors (Lipinski definition) is 1. The smallest absolute Gasteiger partial charge is 0.0413 e. The molecule has 0 spiro atoms. The van der Waals surface area contributed by atoms with Crippen molar-refractivity contribution in [1.29, 1.82) is 0 Å². The molecule has 1 aliphatic rings. The maximum atomic E-state index is 5.61. The second-order valence-corrected chi connectivity index (χ2v) is 5.13. The van der Waals surface area contributed by atoms with Gasteiger partial charge in [-0.1, -0.05) is 0 Å². The van der Waals surface area contributed by atoms with E-state index in [0.717, 1.165) is 0 Å². The second kappa shape index (κ2) is 4.43. The molecule has 2 heterocycles. The Bertz CT molecular complexity index is 289. The molecule has 1 saturated heterocycles. The Balaban J connectivity index is 2.05. The van der Waals surface area contributed by atoms with Gasteiger partial charge >= 0.3 is 0 Å². The van der Waals surface area contributed by atoms with Crippen LogP contribution in [0, 0.1) is 0 Å². The molecule has 1 fully saturated rings. The zero-order chi connectivity index (χ0) is 9.97. The summed E-state index contributed by atoms with van der Waals surface area (Å²) in [5.74, 6) is 0. The SMILES string of the molecule is CC(c1ccc(CN)s1)N1CCCC1. The predicted molar refractivity (Wildman–Crippen MR) is 61.4 cm³/mol. The number of hydrogen-bond acceptors (Lipinski definition) is 3. The Hall–Kier alpha value is -0.380. The third kappa shape index (κ3) is 2.00. The summed E-state index contributed by atoms with van der Waals surface area (Å²) in [7, 11) is 0. The van der Waals surface area contributed by atoms with Gasteiger partial charge in [-0.3, -0.25) is 4.90 Å². The molecular formula is C11H18N2S. The van der Waals surface area contributed by atoms with Crippen LogP contribution in [0.4, 0.5) is 0 Å². The zero-order valence-electron chi connectivity index (χ0n) is 8.70. The highest BCUT2D eigenvalue weighted by molar-refractivity contribution is 7.12. The van der Waals surface area contributed by atoms with Crippen LogP contribution in [-0.4, -0.2) is 18.0 Å². The molecule has 1 aliphatic heterocycles. The lowest BCUT2D eigenvalue weighted by Crippen LogP contribution is -2.22. The Morgan fingerprint density at radius 3 is 2.71 bits per heavy atom. The summed E-state index contributed by atoms with van der Waals surface area (Å²) in [5.41, 5.74) is 5.61. The molecule has 1 aromatic heterocycles. The van der Waals surface area contributed by atoms with Crippen molar-refractivity contribution in [2.75, 3.05) is 13.1 Å². The molecule has 0 radical (unpaired) electrons. The van der Waals surface area contributed by atoms with E-state index in [1.807, 2.05) is 11.3 Å². The summed E-state index contributed by atoms with van der Waals surface area (Å²) in [4.78, 5) is 5.32. The molecule has 0 aromatic carbocycles. The summed E-state index contributed by atoms with van der Waals surface area (Å²) in [5, 5.41) is 0. The molecule has 1 aromatic rings. The monoisotopic (exact) mass is 210 g/mol. The molecule has 14 heavy (non-hydrogen) atoms. The minimum Gasteiger partial charge on any atom is -0.326 e. The van der Waals surface area contributed by atoms with E-state index in [2.05, 4.69) is 24.0 Å². The number of likely N-dealkylation sites (tertiary alicyclic amines) is 1. The molecule has 2 rings (SSSR count). The van der Waals surface area contributed by atoms with Crippen molar-refractivity contribution in [3.8, 4) is 0 Å². The predicted octanol–water partition coefficient (Wildman–Crippen LogP) is 2.36. The van der Waals surface area contributed by atoms with Crippen LogP contribution in [0.15, 0.2) is 12.1 Å². The Kier molecular flexibility index (Phi) is 3.21. The van der Waals surface area contributed by atoms with Crippen molar-refractivity contribution < 1.29 is 0 Å². The van der Waals surface area contributed by atoms with Crippen molar-refractivity contribution in [3.05, 3.63) is 21.9 Å². The van der Waals surface area contributed by atoms with Gasteiger partial charge in [0, 0.05) is 22.3 Å². The molecular weight excluding hydrogens is 192 g/mol. The summed E-state index contributed by atoms with van der Waals surface area (Å²) in [6, 6.07) is 4.98. The van der Waals surface area contributed by atoms with Crippen molar-refractivity contribution >= 4 is 11.3 Å². The highest BCUT2D eigenvalue weighted by Gasteiger charge is 2.20. The lowest BCUT2D eigenvalue weighted by Gasteiger charge is -2.22. The third-order valence-electron chi connectivity index (χ3n) is 2.98.